The highest BCUT2D eigenvalue weighted by atomic mass is 16.5. The molecule has 1 atom stereocenters. The summed E-state index contributed by atoms with van der Waals surface area (Å²) in [6.07, 6.45) is 3.55. The lowest BCUT2D eigenvalue weighted by molar-refractivity contribution is 0.0944. The van der Waals surface area contributed by atoms with Gasteiger partial charge in [-0.15, -0.1) is 0 Å². The third-order valence-electron chi connectivity index (χ3n) is 6.58. The van der Waals surface area contributed by atoms with Crippen LogP contribution < -0.4 is 26.0 Å². The molecule has 2 heterocycles. The molecule has 9 heteroatoms. The molecule has 1 saturated heterocycles. The van der Waals surface area contributed by atoms with Crippen LogP contribution in [0.1, 0.15) is 59.0 Å². The van der Waals surface area contributed by atoms with Gasteiger partial charge in [-0.1, -0.05) is 26.0 Å². The van der Waals surface area contributed by atoms with Crippen molar-refractivity contribution in [3.63, 3.8) is 0 Å². The number of primary amides is 1. The third kappa shape index (κ3) is 6.55. The molecule has 2 aromatic carbocycles. The number of hydrogen-bond donors (Lipinski definition) is 3. The summed E-state index contributed by atoms with van der Waals surface area (Å²) in [4.78, 5) is 35.8. The van der Waals surface area contributed by atoms with E-state index in [-0.39, 0.29) is 17.5 Å². The van der Waals surface area contributed by atoms with Crippen molar-refractivity contribution in [2.24, 2.45) is 11.7 Å². The molecule has 0 spiro atoms. The minimum absolute atomic E-state index is 0.0944. The van der Waals surface area contributed by atoms with Gasteiger partial charge in [-0.25, -0.2) is 9.97 Å². The van der Waals surface area contributed by atoms with Gasteiger partial charge in [-0.05, 0) is 66.6 Å². The summed E-state index contributed by atoms with van der Waals surface area (Å²) in [6.45, 7) is 6.37. The molecule has 4 rings (SSSR count). The van der Waals surface area contributed by atoms with Gasteiger partial charge in [0.1, 0.15) is 11.6 Å². The number of nitrogens with one attached hydrogen (secondary N) is 2. The van der Waals surface area contributed by atoms with E-state index >= 15 is 0 Å². The Hall–Kier alpha value is -4.14. The number of carbonyl (C=O) groups is 2. The number of amides is 2. The fourth-order valence-corrected chi connectivity index (χ4v) is 4.41. The van der Waals surface area contributed by atoms with Gasteiger partial charge in [-0.3, -0.25) is 9.59 Å². The van der Waals surface area contributed by atoms with Gasteiger partial charge in [0.15, 0.2) is 11.5 Å². The molecule has 4 N–H and O–H groups in total. The SMILES string of the molecule is COc1ccc(C(=O)NCC2CCCN(c3cnc(C(N)=O)c(Nc4ccc(C(C)C)cc4)n3)C2)cc1. The van der Waals surface area contributed by atoms with Crippen LogP contribution in [0, 0.1) is 5.92 Å². The summed E-state index contributed by atoms with van der Waals surface area (Å²) in [7, 11) is 1.60. The number of nitrogens with two attached hydrogens (primary N) is 1. The Morgan fingerprint density at radius 2 is 1.86 bits per heavy atom. The average Bonchev–Trinajstić information content (AvgIpc) is 2.92. The number of anilines is 3. The van der Waals surface area contributed by atoms with E-state index in [4.69, 9.17) is 15.5 Å². The number of rotatable bonds is 9. The largest absolute Gasteiger partial charge is 0.497 e. The second-order valence-electron chi connectivity index (χ2n) is 9.58. The second-order valence-corrected chi connectivity index (χ2v) is 9.58. The van der Waals surface area contributed by atoms with Gasteiger partial charge in [0, 0.05) is 30.9 Å². The molecule has 194 valence electrons. The van der Waals surface area contributed by atoms with Crippen LogP contribution in [0.15, 0.2) is 54.7 Å². The van der Waals surface area contributed by atoms with E-state index in [9.17, 15) is 9.59 Å². The van der Waals surface area contributed by atoms with Crippen LogP contribution in [0.2, 0.25) is 0 Å². The van der Waals surface area contributed by atoms with Crippen LogP contribution in [0.3, 0.4) is 0 Å². The van der Waals surface area contributed by atoms with E-state index in [0.29, 0.717) is 35.4 Å². The van der Waals surface area contributed by atoms with Crippen LogP contribution in [-0.2, 0) is 0 Å². The van der Waals surface area contributed by atoms with Gasteiger partial charge in [0.2, 0.25) is 0 Å². The molecule has 1 unspecified atom stereocenters. The zero-order chi connectivity index (χ0) is 26.4. The lowest BCUT2D eigenvalue weighted by Gasteiger charge is -2.33. The van der Waals surface area contributed by atoms with Crippen molar-refractivity contribution in [2.75, 3.05) is 37.0 Å². The Labute approximate surface area is 217 Å². The summed E-state index contributed by atoms with van der Waals surface area (Å²) in [5, 5.41) is 6.25. The van der Waals surface area contributed by atoms with E-state index in [1.54, 1.807) is 37.6 Å². The van der Waals surface area contributed by atoms with Crippen LogP contribution in [-0.4, -0.2) is 48.5 Å². The second kappa shape index (κ2) is 11.7. The van der Waals surface area contributed by atoms with E-state index in [2.05, 4.69) is 34.4 Å². The molecule has 1 aliphatic rings. The lowest BCUT2D eigenvalue weighted by Crippen LogP contribution is -2.41. The fraction of sp³-hybridized carbons (Fsp3) is 0.357. The summed E-state index contributed by atoms with van der Waals surface area (Å²) < 4.78 is 5.15. The van der Waals surface area contributed by atoms with Crippen molar-refractivity contribution < 1.29 is 14.3 Å². The molecule has 9 nitrogen and oxygen atoms in total. The molecular weight excluding hydrogens is 468 g/mol. The molecule has 1 fully saturated rings. The minimum atomic E-state index is -0.641. The first-order chi connectivity index (χ1) is 17.8. The molecule has 0 radical (unpaired) electrons. The van der Waals surface area contributed by atoms with Crippen molar-refractivity contribution in [2.45, 2.75) is 32.6 Å². The number of nitrogens with zero attached hydrogens (tertiary/aromatic N) is 3. The Morgan fingerprint density at radius 1 is 1.14 bits per heavy atom. The summed E-state index contributed by atoms with van der Waals surface area (Å²) in [5.41, 5.74) is 8.29. The number of benzene rings is 2. The number of ether oxygens (including phenoxy) is 1. The van der Waals surface area contributed by atoms with Crippen molar-refractivity contribution >= 4 is 29.1 Å². The monoisotopic (exact) mass is 502 g/mol. The maximum atomic E-state index is 12.6. The number of methoxy groups -OCH3 is 1. The number of carbonyl (C=O) groups excluding carboxylic acids is 2. The first-order valence-corrected chi connectivity index (χ1v) is 12.5. The van der Waals surface area contributed by atoms with Crippen molar-refractivity contribution in [3.05, 3.63) is 71.5 Å². The van der Waals surface area contributed by atoms with Gasteiger partial charge in [0.25, 0.3) is 11.8 Å². The molecule has 2 amide bonds. The molecule has 0 bridgehead atoms. The molecule has 37 heavy (non-hydrogen) atoms. The zero-order valence-corrected chi connectivity index (χ0v) is 21.5. The lowest BCUT2D eigenvalue weighted by atomic mass is 9.98. The van der Waals surface area contributed by atoms with E-state index in [1.807, 2.05) is 24.3 Å². The third-order valence-corrected chi connectivity index (χ3v) is 6.58. The number of hydrogen-bond acceptors (Lipinski definition) is 7. The van der Waals surface area contributed by atoms with E-state index in [0.717, 1.165) is 31.6 Å². The van der Waals surface area contributed by atoms with Crippen molar-refractivity contribution in [1.82, 2.24) is 15.3 Å². The van der Waals surface area contributed by atoms with Crippen molar-refractivity contribution in [3.8, 4) is 5.75 Å². The highest BCUT2D eigenvalue weighted by Gasteiger charge is 2.23. The van der Waals surface area contributed by atoms with Crippen LogP contribution in [0.25, 0.3) is 0 Å². The van der Waals surface area contributed by atoms with Crippen LogP contribution in [0.4, 0.5) is 17.3 Å². The first-order valence-electron chi connectivity index (χ1n) is 12.5. The van der Waals surface area contributed by atoms with Gasteiger partial charge in [0.05, 0.1) is 13.3 Å². The maximum absolute atomic E-state index is 12.6. The van der Waals surface area contributed by atoms with Crippen molar-refractivity contribution in [1.29, 1.82) is 0 Å². The molecular formula is C28H34N6O3. The van der Waals surface area contributed by atoms with Crippen LogP contribution in [0.5, 0.6) is 5.75 Å². The summed E-state index contributed by atoms with van der Waals surface area (Å²) in [5.74, 6) is 1.64. The van der Waals surface area contributed by atoms with Crippen LogP contribution >= 0.6 is 0 Å². The number of aromatic nitrogens is 2. The Balaban J connectivity index is 1.43. The Kier molecular flexibility index (Phi) is 8.22. The predicted octanol–water partition coefficient (Wildman–Crippen LogP) is 4.10. The predicted molar refractivity (Wildman–Crippen MR) is 145 cm³/mol. The summed E-state index contributed by atoms with van der Waals surface area (Å²) >= 11 is 0. The van der Waals surface area contributed by atoms with E-state index < -0.39 is 5.91 Å². The van der Waals surface area contributed by atoms with Gasteiger partial charge in [-0.2, -0.15) is 0 Å². The van der Waals surface area contributed by atoms with E-state index in [1.165, 1.54) is 5.56 Å². The van der Waals surface area contributed by atoms with Gasteiger partial charge >= 0.3 is 0 Å². The maximum Gasteiger partial charge on any atom is 0.271 e. The average molecular weight is 503 g/mol. The smallest absolute Gasteiger partial charge is 0.271 e. The fourth-order valence-electron chi connectivity index (χ4n) is 4.41. The first kappa shape index (κ1) is 25.9. The molecule has 1 aromatic heterocycles. The molecule has 0 saturated carbocycles. The normalized spacial score (nSPS) is 15.4. The topological polar surface area (TPSA) is 122 Å². The quantitative estimate of drug-likeness (QED) is 0.403. The molecule has 1 aliphatic heterocycles. The van der Waals surface area contributed by atoms with Gasteiger partial charge < -0.3 is 26.0 Å². The molecule has 0 aliphatic carbocycles. The Bertz CT molecular complexity index is 1230. The zero-order valence-electron chi connectivity index (χ0n) is 21.5. The molecule has 3 aromatic rings. The minimum Gasteiger partial charge on any atom is -0.497 e. The Morgan fingerprint density at radius 3 is 2.51 bits per heavy atom. The highest BCUT2D eigenvalue weighted by molar-refractivity contribution is 5.96. The highest BCUT2D eigenvalue weighted by Crippen LogP contribution is 2.26. The number of piperidine rings is 1. The standard InChI is InChI=1S/C28H34N6O3/c1-18(2)20-6-10-22(11-7-20)32-27-25(26(29)35)30-16-24(33-27)34-14-4-5-19(17-34)15-31-28(36)21-8-12-23(37-3)13-9-21/h6-13,16,18-19H,4-5,14-15,17H2,1-3H3,(H2,29,35)(H,31,36)(H,32,33). The summed E-state index contributed by atoms with van der Waals surface area (Å²) in [6, 6.07) is 15.1.